The molecule has 0 aliphatic rings. The zero-order valence-corrected chi connectivity index (χ0v) is 14.4. The number of hydrogen-bond acceptors (Lipinski definition) is 4. The summed E-state index contributed by atoms with van der Waals surface area (Å²) in [6, 6.07) is 7.82. The van der Waals surface area contributed by atoms with Crippen LogP contribution >= 0.6 is 0 Å². The van der Waals surface area contributed by atoms with Crippen LogP contribution in [0.2, 0.25) is 0 Å². The lowest BCUT2D eigenvalue weighted by molar-refractivity contribution is 0.0526. The Labute approximate surface area is 133 Å². The van der Waals surface area contributed by atoms with Gasteiger partial charge in [-0.2, -0.15) is 0 Å². The van der Waals surface area contributed by atoms with E-state index < -0.39 is 11.7 Å². The number of para-hydroxylation sites is 2. The van der Waals surface area contributed by atoms with Gasteiger partial charge < -0.3 is 20.1 Å². The van der Waals surface area contributed by atoms with Gasteiger partial charge in [0, 0.05) is 12.6 Å². The van der Waals surface area contributed by atoms with Crippen LogP contribution in [0.4, 0.5) is 10.5 Å². The third kappa shape index (κ3) is 7.20. The molecule has 22 heavy (non-hydrogen) atoms. The summed E-state index contributed by atoms with van der Waals surface area (Å²) in [6.45, 7) is 12.0. The lowest BCUT2D eigenvalue weighted by atomic mass is 10.2. The molecule has 1 amide bonds. The van der Waals surface area contributed by atoms with Crippen LogP contribution in [0, 0.1) is 0 Å². The summed E-state index contributed by atoms with van der Waals surface area (Å²) < 4.78 is 11.0. The maximum atomic E-state index is 11.6. The Hall–Kier alpha value is -1.91. The number of amides is 1. The highest BCUT2D eigenvalue weighted by molar-refractivity contribution is 5.67. The van der Waals surface area contributed by atoms with Crippen molar-refractivity contribution in [3.63, 3.8) is 0 Å². The first-order valence-electron chi connectivity index (χ1n) is 7.66. The predicted molar refractivity (Wildman–Crippen MR) is 89.5 cm³/mol. The van der Waals surface area contributed by atoms with Crippen molar-refractivity contribution >= 4 is 11.8 Å². The Morgan fingerprint density at radius 3 is 2.41 bits per heavy atom. The maximum Gasteiger partial charge on any atom is 0.407 e. The summed E-state index contributed by atoms with van der Waals surface area (Å²) >= 11 is 0. The second-order valence-corrected chi connectivity index (χ2v) is 6.59. The number of hydrogen-bond donors (Lipinski definition) is 2. The van der Waals surface area contributed by atoms with E-state index in [4.69, 9.17) is 9.47 Å². The Morgan fingerprint density at radius 2 is 1.82 bits per heavy atom. The normalized spacial score (nSPS) is 12.7. The smallest absolute Gasteiger partial charge is 0.407 e. The minimum absolute atomic E-state index is 0.0458. The Morgan fingerprint density at radius 1 is 1.18 bits per heavy atom. The van der Waals surface area contributed by atoms with Gasteiger partial charge in [-0.25, -0.2) is 4.79 Å². The number of rotatable bonds is 6. The van der Waals surface area contributed by atoms with Crippen molar-refractivity contribution in [2.45, 2.75) is 59.3 Å². The molecule has 1 rings (SSSR count). The molecule has 0 saturated carbocycles. The Balaban J connectivity index is 2.52. The van der Waals surface area contributed by atoms with E-state index >= 15 is 0 Å². The number of benzene rings is 1. The highest BCUT2D eigenvalue weighted by Crippen LogP contribution is 2.25. The molecule has 0 aliphatic carbocycles. The standard InChI is InChI=1S/C17H28N2O3/c1-12(2)21-15-10-8-7-9-14(15)19-13(3)11-18-16(20)22-17(4,5)6/h7-10,12-13,19H,11H2,1-6H3,(H,18,20). The van der Waals surface area contributed by atoms with E-state index in [1.807, 2.05) is 65.8 Å². The molecular formula is C17H28N2O3. The third-order valence-corrected chi connectivity index (χ3v) is 2.60. The van der Waals surface area contributed by atoms with E-state index in [0.29, 0.717) is 6.54 Å². The maximum absolute atomic E-state index is 11.6. The summed E-state index contributed by atoms with van der Waals surface area (Å²) in [4.78, 5) is 11.6. The van der Waals surface area contributed by atoms with Crippen LogP contribution in [0.1, 0.15) is 41.5 Å². The van der Waals surface area contributed by atoms with E-state index in [1.165, 1.54) is 0 Å². The number of carbonyl (C=O) groups excluding carboxylic acids is 1. The van der Waals surface area contributed by atoms with Crippen LogP contribution < -0.4 is 15.4 Å². The summed E-state index contributed by atoms with van der Waals surface area (Å²) in [5.41, 5.74) is 0.424. The van der Waals surface area contributed by atoms with Gasteiger partial charge in [-0.05, 0) is 53.7 Å². The molecule has 1 unspecified atom stereocenters. The molecule has 0 radical (unpaired) electrons. The Bertz CT molecular complexity index is 481. The molecular weight excluding hydrogens is 280 g/mol. The van der Waals surface area contributed by atoms with Crippen molar-refractivity contribution in [1.29, 1.82) is 0 Å². The van der Waals surface area contributed by atoms with Gasteiger partial charge in [0.05, 0.1) is 11.8 Å². The van der Waals surface area contributed by atoms with Crippen LogP contribution in [-0.4, -0.2) is 30.4 Å². The van der Waals surface area contributed by atoms with Crippen LogP contribution in [-0.2, 0) is 4.74 Å². The van der Waals surface area contributed by atoms with Crippen molar-refractivity contribution in [2.75, 3.05) is 11.9 Å². The van der Waals surface area contributed by atoms with Gasteiger partial charge in [-0.1, -0.05) is 12.1 Å². The van der Waals surface area contributed by atoms with Gasteiger partial charge in [-0.15, -0.1) is 0 Å². The minimum atomic E-state index is -0.488. The van der Waals surface area contributed by atoms with Crippen LogP contribution in [0.15, 0.2) is 24.3 Å². The van der Waals surface area contributed by atoms with Gasteiger partial charge in [0.25, 0.3) is 0 Å². The molecule has 5 heteroatoms. The van der Waals surface area contributed by atoms with Gasteiger partial charge >= 0.3 is 6.09 Å². The second kappa shape index (κ2) is 7.92. The van der Waals surface area contributed by atoms with E-state index in [0.717, 1.165) is 11.4 Å². The van der Waals surface area contributed by atoms with Crippen molar-refractivity contribution in [3.05, 3.63) is 24.3 Å². The topological polar surface area (TPSA) is 59.6 Å². The van der Waals surface area contributed by atoms with Gasteiger partial charge in [0.1, 0.15) is 11.4 Å². The molecule has 124 valence electrons. The molecule has 1 atom stereocenters. The van der Waals surface area contributed by atoms with Crippen molar-refractivity contribution in [3.8, 4) is 5.75 Å². The zero-order valence-electron chi connectivity index (χ0n) is 14.4. The lowest BCUT2D eigenvalue weighted by Crippen LogP contribution is -2.38. The van der Waals surface area contributed by atoms with E-state index in [9.17, 15) is 4.79 Å². The second-order valence-electron chi connectivity index (χ2n) is 6.59. The number of anilines is 1. The first-order chi connectivity index (χ1) is 10.2. The van der Waals surface area contributed by atoms with Crippen LogP contribution in [0.5, 0.6) is 5.75 Å². The molecule has 1 aromatic rings. The molecule has 2 N–H and O–H groups in total. The summed E-state index contributed by atoms with van der Waals surface area (Å²) in [5, 5.41) is 6.09. The van der Waals surface area contributed by atoms with Crippen molar-refractivity contribution in [1.82, 2.24) is 5.32 Å². The van der Waals surface area contributed by atoms with Crippen molar-refractivity contribution < 1.29 is 14.3 Å². The fraction of sp³-hybridized carbons (Fsp3) is 0.588. The van der Waals surface area contributed by atoms with E-state index in [1.54, 1.807) is 0 Å². The number of carbonyl (C=O) groups is 1. The molecule has 1 aromatic carbocycles. The predicted octanol–water partition coefficient (Wildman–Crippen LogP) is 3.80. The molecule has 5 nitrogen and oxygen atoms in total. The summed E-state index contributed by atoms with van der Waals surface area (Å²) in [7, 11) is 0. The SMILES string of the molecule is CC(CNC(=O)OC(C)(C)C)Nc1ccccc1OC(C)C. The van der Waals surface area contributed by atoms with Crippen molar-refractivity contribution in [2.24, 2.45) is 0 Å². The highest BCUT2D eigenvalue weighted by atomic mass is 16.6. The first-order valence-corrected chi connectivity index (χ1v) is 7.66. The fourth-order valence-electron chi connectivity index (χ4n) is 1.81. The minimum Gasteiger partial charge on any atom is -0.489 e. The number of nitrogens with one attached hydrogen (secondary N) is 2. The summed E-state index contributed by atoms with van der Waals surface area (Å²) in [5.74, 6) is 0.807. The first kappa shape index (κ1) is 18.1. The molecule has 0 fully saturated rings. The molecule has 0 aromatic heterocycles. The fourth-order valence-corrected chi connectivity index (χ4v) is 1.81. The van der Waals surface area contributed by atoms with Gasteiger partial charge in [0.2, 0.25) is 0 Å². The van der Waals surface area contributed by atoms with Crippen LogP contribution in [0.3, 0.4) is 0 Å². The molecule has 0 saturated heterocycles. The quantitative estimate of drug-likeness (QED) is 0.839. The summed E-state index contributed by atoms with van der Waals surface area (Å²) in [6.07, 6.45) is -0.300. The number of ether oxygens (including phenoxy) is 2. The van der Waals surface area contributed by atoms with Gasteiger partial charge in [-0.3, -0.25) is 0 Å². The van der Waals surface area contributed by atoms with Gasteiger partial charge in [0.15, 0.2) is 0 Å². The zero-order chi connectivity index (χ0) is 16.8. The van der Waals surface area contributed by atoms with E-state index in [-0.39, 0.29) is 12.1 Å². The molecule has 0 bridgehead atoms. The Kier molecular flexibility index (Phi) is 6.53. The average molecular weight is 308 g/mol. The largest absolute Gasteiger partial charge is 0.489 e. The van der Waals surface area contributed by atoms with E-state index in [2.05, 4.69) is 10.6 Å². The molecule has 0 spiro atoms. The third-order valence-electron chi connectivity index (χ3n) is 2.60. The average Bonchev–Trinajstić information content (AvgIpc) is 2.36. The van der Waals surface area contributed by atoms with Crippen LogP contribution in [0.25, 0.3) is 0 Å². The monoisotopic (exact) mass is 308 g/mol. The molecule has 0 aliphatic heterocycles. The highest BCUT2D eigenvalue weighted by Gasteiger charge is 2.16. The molecule has 0 heterocycles. The lowest BCUT2D eigenvalue weighted by Gasteiger charge is -2.22. The number of alkyl carbamates (subject to hydrolysis) is 1.